The van der Waals surface area contributed by atoms with Crippen LogP contribution in [0.3, 0.4) is 0 Å². The summed E-state index contributed by atoms with van der Waals surface area (Å²) in [6.45, 7) is 11.3. The van der Waals surface area contributed by atoms with Crippen molar-refractivity contribution in [2.24, 2.45) is 17.6 Å². The van der Waals surface area contributed by atoms with Crippen LogP contribution in [0.25, 0.3) is 0 Å². The van der Waals surface area contributed by atoms with Crippen LogP contribution in [0.15, 0.2) is 55.4 Å². The Balaban J connectivity index is 0.000000198. The zero-order valence-corrected chi connectivity index (χ0v) is 24.7. The molecule has 3 aromatic heterocycles. The number of halogens is 1. The Bertz CT molecular complexity index is 952. The third kappa shape index (κ3) is 14.0. The van der Waals surface area contributed by atoms with Crippen LogP contribution in [-0.2, 0) is 0 Å². The normalized spacial score (nSPS) is 17.9. The van der Waals surface area contributed by atoms with Crippen molar-refractivity contribution in [3.05, 3.63) is 60.7 Å². The van der Waals surface area contributed by atoms with E-state index in [-0.39, 0.29) is 7.43 Å². The van der Waals surface area contributed by atoms with E-state index in [4.69, 9.17) is 17.3 Å². The molecule has 41 heavy (non-hydrogen) atoms. The summed E-state index contributed by atoms with van der Waals surface area (Å²) >= 11 is 5.32. The Kier molecular flexibility index (Phi) is 16.7. The van der Waals surface area contributed by atoms with Crippen LogP contribution < -0.4 is 20.9 Å². The smallest absolute Gasteiger partial charge is 0.225 e. The van der Waals surface area contributed by atoms with E-state index in [2.05, 4.69) is 58.9 Å². The van der Waals surface area contributed by atoms with Gasteiger partial charge in [0.15, 0.2) is 0 Å². The summed E-state index contributed by atoms with van der Waals surface area (Å²) in [5.41, 5.74) is 5.81. The number of rotatable bonds is 2. The van der Waals surface area contributed by atoms with E-state index in [1.807, 2.05) is 12.1 Å². The number of nitrogens with two attached hydrogens (primary N) is 1. The van der Waals surface area contributed by atoms with E-state index >= 15 is 0 Å². The molecule has 226 valence electrons. The molecular weight excluding hydrogens is 536 g/mol. The van der Waals surface area contributed by atoms with E-state index in [0.717, 1.165) is 62.8 Å². The Labute approximate surface area is 251 Å². The van der Waals surface area contributed by atoms with Crippen LogP contribution in [0.5, 0.6) is 0 Å². The predicted octanol–water partition coefficient (Wildman–Crippen LogP) is 4.89. The Morgan fingerprint density at radius 2 is 1.00 bits per heavy atom. The van der Waals surface area contributed by atoms with Crippen LogP contribution in [-0.4, -0.2) is 75.2 Å². The quantitative estimate of drug-likeness (QED) is 0.402. The standard InChI is InChI=1S/C10H15N3.C9H14N4.C6H13N.C4H3ClN2.CH4/c1-9-3-7-13(8-4-9)10-11-5-2-6-12-10;10-8-2-6-13(7-3-8)9-11-4-1-5-12-9;1-6-2-4-7-5-3-6;5-4-6-2-1-3-7-4;/h2,5-6,9H,3-4,7-8H2,1H3;1,4-5,8H,2-3,6-7,10H2;6-7H,2-5H2,1H3;1-3H;1H4. The second-order valence-corrected chi connectivity index (χ2v) is 10.9. The fraction of sp³-hybridized carbons (Fsp3) is 0.600. The minimum Gasteiger partial charge on any atom is -0.341 e. The SMILES string of the molecule is C.CC1CCN(c2ncccn2)CC1.CC1CCNCC1.Clc1ncccn1.NC1CCN(c2ncccn2)CC1. The van der Waals surface area contributed by atoms with Crippen molar-refractivity contribution >= 4 is 23.5 Å². The van der Waals surface area contributed by atoms with Gasteiger partial charge in [0.05, 0.1) is 0 Å². The Morgan fingerprint density at radius 1 is 0.634 bits per heavy atom. The highest BCUT2D eigenvalue weighted by Gasteiger charge is 2.18. The number of hydrogen-bond acceptors (Lipinski definition) is 10. The number of aromatic nitrogens is 6. The summed E-state index contributed by atoms with van der Waals surface area (Å²) in [6.07, 6.45) is 17.7. The van der Waals surface area contributed by atoms with Gasteiger partial charge >= 0.3 is 0 Å². The molecule has 3 saturated heterocycles. The number of piperidine rings is 3. The molecule has 0 radical (unpaired) electrons. The maximum Gasteiger partial charge on any atom is 0.225 e. The minimum absolute atomic E-state index is 0. The number of nitrogens with zero attached hydrogens (tertiary/aromatic N) is 8. The molecule has 0 unspecified atom stereocenters. The molecule has 0 amide bonds. The average molecular weight is 585 g/mol. The first-order valence-corrected chi connectivity index (χ1v) is 14.8. The number of hydrogen-bond donors (Lipinski definition) is 2. The number of nitrogens with one attached hydrogen (secondary N) is 1. The van der Waals surface area contributed by atoms with Gasteiger partial charge in [0, 0.05) is 69.4 Å². The lowest BCUT2D eigenvalue weighted by Gasteiger charge is -2.29. The second-order valence-electron chi connectivity index (χ2n) is 10.5. The van der Waals surface area contributed by atoms with Crippen molar-refractivity contribution in [3.8, 4) is 0 Å². The first kappa shape index (κ1) is 34.3. The fourth-order valence-electron chi connectivity index (χ4n) is 4.46. The summed E-state index contributed by atoms with van der Waals surface area (Å²) in [5, 5.41) is 3.61. The van der Waals surface area contributed by atoms with Crippen LogP contribution in [0.1, 0.15) is 59.8 Å². The molecule has 0 bridgehead atoms. The summed E-state index contributed by atoms with van der Waals surface area (Å²) in [6, 6.07) is 5.76. The first-order valence-electron chi connectivity index (χ1n) is 14.4. The van der Waals surface area contributed by atoms with Crippen molar-refractivity contribution < 1.29 is 0 Å². The van der Waals surface area contributed by atoms with Gasteiger partial charge in [-0.15, -0.1) is 0 Å². The molecule has 3 aliphatic rings. The van der Waals surface area contributed by atoms with Crippen molar-refractivity contribution in [1.29, 1.82) is 0 Å². The van der Waals surface area contributed by atoms with E-state index in [1.54, 1.807) is 43.2 Å². The molecule has 11 heteroatoms. The lowest BCUT2D eigenvalue weighted by molar-refractivity contribution is 0.402. The highest BCUT2D eigenvalue weighted by molar-refractivity contribution is 6.28. The fourth-order valence-corrected chi connectivity index (χ4v) is 4.58. The molecule has 3 aliphatic heterocycles. The molecule has 6 heterocycles. The number of anilines is 2. The topological polar surface area (TPSA) is 122 Å². The molecule has 3 aromatic rings. The summed E-state index contributed by atoms with van der Waals surface area (Å²) in [4.78, 5) is 28.6. The van der Waals surface area contributed by atoms with Gasteiger partial charge in [0.1, 0.15) is 0 Å². The molecule has 10 nitrogen and oxygen atoms in total. The summed E-state index contributed by atoms with van der Waals surface area (Å²) < 4.78 is 0. The largest absolute Gasteiger partial charge is 0.341 e. The average Bonchev–Trinajstić information content (AvgIpc) is 3.01. The van der Waals surface area contributed by atoms with Gasteiger partial charge in [-0.2, -0.15) is 0 Å². The van der Waals surface area contributed by atoms with Gasteiger partial charge in [-0.3, -0.25) is 0 Å². The van der Waals surface area contributed by atoms with Gasteiger partial charge in [0.25, 0.3) is 0 Å². The maximum absolute atomic E-state index is 5.81. The lowest BCUT2D eigenvalue weighted by Crippen LogP contribution is -2.40. The molecule has 0 aliphatic carbocycles. The van der Waals surface area contributed by atoms with Crippen LogP contribution in [0.2, 0.25) is 5.28 Å². The van der Waals surface area contributed by atoms with Gasteiger partial charge in [-0.25, -0.2) is 29.9 Å². The summed E-state index contributed by atoms with van der Waals surface area (Å²) in [7, 11) is 0. The minimum atomic E-state index is 0. The highest BCUT2D eigenvalue weighted by Crippen LogP contribution is 2.19. The molecule has 0 aromatic carbocycles. The van der Waals surface area contributed by atoms with Gasteiger partial charge in [0.2, 0.25) is 17.2 Å². The first-order chi connectivity index (χ1) is 19.5. The van der Waals surface area contributed by atoms with Gasteiger partial charge < -0.3 is 20.9 Å². The van der Waals surface area contributed by atoms with Crippen LogP contribution in [0.4, 0.5) is 11.9 Å². The molecule has 0 atom stereocenters. The third-order valence-corrected chi connectivity index (χ3v) is 7.35. The Hall–Kier alpha value is -2.95. The van der Waals surface area contributed by atoms with E-state index in [9.17, 15) is 0 Å². The molecule has 3 fully saturated rings. The lowest BCUT2D eigenvalue weighted by atomic mass is 10.00. The van der Waals surface area contributed by atoms with E-state index in [1.165, 1.54) is 38.8 Å². The van der Waals surface area contributed by atoms with Crippen LogP contribution in [0, 0.1) is 11.8 Å². The maximum atomic E-state index is 5.81. The molecule has 3 N–H and O–H groups in total. The highest BCUT2D eigenvalue weighted by atomic mass is 35.5. The predicted molar refractivity (Wildman–Crippen MR) is 169 cm³/mol. The zero-order chi connectivity index (χ0) is 28.4. The summed E-state index contributed by atoms with van der Waals surface area (Å²) in [5.74, 6) is 3.55. The molecule has 0 saturated carbocycles. The van der Waals surface area contributed by atoms with Gasteiger partial charge in [-0.05, 0) is 93.3 Å². The molecule has 0 spiro atoms. The van der Waals surface area contributed by atoms with Crippen LogP contribution >= 0.6 is 11.6 Å². The van der Waals surface area contributed by atoms with Crippen molar-refractivity contribution in [1.82, 2.24) is 35.2 Å². The van der Waals surface area contributed by atoms with E-state index in [0.29, 0.717) is 11.3 Å². The zero-order valence-electron chi connectivity index (χ0n) is 23.9. The monoisotopic (exact) mass is 584 g/mol. The molecular formula is C30H49ClN10. The molecule has 6 rings (SSSR count). The van der Waals surface area contributed by atoms with Crippen molar-refractivity contribution in [2.45, 2.75) is 65.8 Å². The third-order valence-electron chi connectivity index (χ3n) is 7.16. The Morgan fingerprint density at radius 3 is 1.34 bits per heavy atom. The van der Waals surface area contributed by atoms with Crippen molar-refractivity contribution in [2.75, 3.05) is 49.1 Å². The van der Waals surface area contributed by atoms with Gasteiger partial charge in [-0.1, -0.05) is 21.3 Å². The van der Waals surface area contributed by atoms with E-state index < -0.39 is 0 Å². The van der Waals surface area contributed by atoms with Crippen molar-refractivity contribution in [3.63, 3.8) is 0 Å². The second kappa shape index (κ2) is 20.0.